The van der Waals surface area contributed by atoms with Crippen LogP contribution in [0.15, 0.2) is 16.6 Å². The van der Waals surface area contributed by atoms with E-state index < -0.39 is 0 Å². The number of aromatic amines is 1. The summed E-state index contributed by atoms with van der Waals surface area (Å²) in [5.74, 6) is 0.745. The number of rotatable bonds is 2. The second-order valence-electron chi connectivity index (χ2n) is 4.44. The molecule has 6 heteroatoms. The number of imidazole rings is 1. The van der Waals surface area contributed by atoms with Crippen molar-refractivity contribution >= 4 is 27.0 Å². The van der Waals surface area contributed by atoms with Crippen LogP contribution in [0.3, 0.4) is 0 Å². The Bertz CT molecular complexity index is 547. The third kappa shape index (κ3) is 1.94. The van der Waals surface area contributed by atoms with Crippen LogP contribution >= 0.6 is 15.9 Å². The molecule has 1 fully saturated rings. The molecule has 1 aliphatic rings. The van der Waals surface area contributed by atoms with Crippen LogP contribution in [0.1, 0.15) is 11.7 Å². The zero-order valence-electron chi connectivity index (χ0n) is 9.84. The van der Waals surface area contributed by atoms with Crippen molar-refractivity contribution in [2.24, 2.45) is 0 Å². The van der Waals surface area contributed by atoms with E-state index in [0.717, 1.165) is 11.3 Å². The lowest BCUT2D eigenvalue weighted by Gasteiger charge is -2.13. The van der Waals surface area contributed by atoms with Gasteiger partial charge in [-0.1, -0.05) is 0 Å². The minimum Gasteiger partial charge on any atom is -0.379 e. The highest BCUT2D eigenvalue weighted by Gasteiger charge is 2.30. The van der Waals surface area contributed by atoms with Crippen LogP contribution in [0.2, 0.25) is 0 Å². The molecule has 2 N–H and O–H groups in total. The quantitative estimate of drug-likeness (QED) is 0.893. The monoisotopic (exact) mass is 313 g/mol. The first-order chi connectivity index (χ1) is 8.69. The van der Waals surface area contributed by atoms with Gasteiger partial charge in [-0.2, -0.15) is 0 Å². The number of aromatic nitrogens is 2. The molecule has 0 aliphatic carbocycles. The lowest BCUT2D eigenvalue weighted by atomic mass is 10.0. The van der Waals surface area contributed by atoms with E-state index >= 15 is 0 Å². The van der Waals surface area contributed by atoms with Gasteiger partial charge < -0.3 is 15.0 Å². The molecule has 1 aliphatic heterocycles. The van der Waals surface area contributed by atoms with Gasteiger partial charge in [0.05, 0.1) is 34.6 Å². The fourth-order valence-electron chi connectivity index (χ4n) is 2.31. The average Bonchev–Trinajstić information content (AvgIpc) is 2.95. The van der Waals surface area contributed by atoms with E-state index in [9.17, 15) is 4.39 Å². The summed E-state index contributed by atoms with van der Waals surface area (Å²) < 4.78 is 19.3. The largest absolute Gasteiger partial charge is 0.379 e. The predicted molar refractivity (Wildman–Crippen MR) is 70.2 cm³/mol. The van der Waals surface area contributed by atoms with E-state index in [4.69, 9.17) is 4.74 Å². The van der Waals surface area contributed by atoms with E-state index in [1.54, 1.807) is 6.07 Å². The minimum atomic E-state index is -0.287. The predicted octanol–water partition coefficient (Wildman–Crippen LogP) is 2.17. The molecule has 2 heterocycles. The first-order valence-corrected chi connectivity index (χ1v) is 6.58. The molecule has 0 saturated carbocycles. The van der Waals surface area contributed by atoms with E-state index in [1.165, 1.54) is 6.07 Å². The summed E-state index contributed by atoms with van der Waals surface area (Å²) in [6, 6.07) is 3.40. The van der Waals surface area contributed by atoms with Crippen LogP contribution in [0, 0.1) is 5.82 Å². The number of nitrogens with one attached hydrogen (secondary N) is 2. The molecule has 4 nitrogen and oxygen atoms in total. The Labute approximate surface area is 112 Å². The number of likely N-dealkylation sites (N-methyl/N-ethyl adjacent to an activating group) is 1. The topological polar surface area (TPSA) is 49.9 Å². The normalized spacial score (nSPS) is 23.9. The first kappa shape index (κ1) is 12.1. The summed E-state index contributed by atoms with van der Waals surface area (Å²) in [6.45, 7) is 1.31. The third-order valence-electron chi connectivity index (χ3n) is 3.34. The number of benzene rings is 1. The van der Waals surface area contributed by atoms with Gasteiger partial charge in [-0.3, -0.25) is 0 Å². The lowest BCUT2D eigenvalue weighted by Crippen LogP contribution is -2.31. The van der Waals surface area contributed by atoms with Gasteiger partial charge in [-0.25, -0.2) is 9.37 Å². The molecule has 1 saturated heterocycles. The molecule has 2 atom stereocenters. The van der Waals surface area contributed by atoms with Crippen molar-refractivity contribution in [3.05, 3.63) is 28.2 Å². The van der Waals surface area contributed by atoms with Crippen LogP contribution in [-0.2, 0) is 4.74 Å². The Morgan fingerprint density at radius 2 is 2.33 bits per heavy atom. The van der Waals surface area contributed by atoms with E-state index in [1.807, 2.05) is 7.05 Å². The standard InChI is InChI=1S/C12H13BrFN3O/c1-15-11-5-18-4-6(11)12-16-9-2-7(13)8(14)3-10(9)17-12/h2-3,6,11,15H,4-5H2,1H3,(H,16,17). The zero-order chi connectivity index (χ0) is 12.7. The zero-order valence-corrected chi connectivity index (χ0v) is 11.4. The Morgan fingerprint density at radius 3 is 3.11 bits per heavy atom. The summed E-state index contributed by atoms with van der Waals surface area (Å²) in [5, 5.41) is 3.21. The molecule has 1 aromatic heterocycles. The summed E-state index contributed by atoms with van der Waals surface area (Å²) in [4.78, 5) is 7.70. The third-order valence-corrected chi connectivity index (χ3v) is 3.95. The smallest absolute Gasteiger partial charge is 0.139 e. The Morgan fingerprint density at radius 1 is 1.50 bits per heavy atom. The maximum Gasteiger partial charge on any atom is 0.139 e. The molecular weight excluding hydrogens is 301 g/mol. The molecule has 2 aromatic rings. The molecular formula is C12H13BrFN3O. The fourth-order valence-corrected chi connectivity index (χ4v) is 2.64. The highest BCUT2D eigenvalue weighted by molar-refractivity contribution is 9.10. The second kappa shape index (κ2) is 4.60. The van der Waals surface area contributed by atoms with E-state index in [-0.39, 0.29) is 17.8 Å². The van der Waals surface area contributed by atoms with Crippen LogP contribution in [0.5, 0.6) is 0 Å². The van der Waals surface area contributed by atoms with Crippen molar-refractivity contribution in [1.29, 1.82) is 0 Å². The maximum atomic E-state index is 13.4. The summed E-state index contributed by atoms with van der Waals surface area (Å²) >= 11 is 3.17. The van der Waals surface area contributed by atoms with Crippen molar-refractivity contribution in [3.63, 3.8) is 0 Å². The van der Waals surface area contributed by atoms with Crippen LogP contribution < -0.4 is 5.32 Å². The van der Waals surface area contributed by atoms with Crippen molar-refractivity contribution < 1.29 is 9.13 Å². The molecule has 18 heavy (non-hydrogen) atoms. The van der Waals surface area contributed by atoms with Crippen molar-refractivity contribution in [3.8, 4) is 0 Å². The fraction of sp³-hybridized carbons (Fsp3) is 0.417. The molecule has 3 rings (SSSR count). The van der Waals surface area contributed by atoms with Gasteiger partial charge in [-0.05, 0) is 29.0 Å². The van der Waals surface area contributed by atoms with Crippen LogP contribution in [0.4, 0.5) is 4.39 Å². The van der Waals surface area contributed by atoms with Crippen molar-refractivity contribution in [2.75, 3.05) is 20.3 Å². The SMILES string of the molecule is CNC1COCC1c1nc2cc(Br)c(F)cc2[nH]1. The maximum absolute atomic E-state index is 13.4. The van der Waals surface area contributed by atoms with E-state index in [2.05, 4.69) is 31.2 Å². The molecule has 0 radical (unpaired) electrons. The number of halogens is 2. The summed E-state index contributed by atoms with van der Waals surface area (Å²) in [7, 11) is 1.91. The van der Waals surface area contributed by atoms with Crippen molar-refractivity contribution in [1.82, 2.24) is 15.3 Å². The van der Waals surface area contributed by atoms with Gasteiger partial charge in [0.1, 0.15) is 11.6 Å². The lowest BCUT2D eigenvalue weighted by molar-refractivity contribution is 0.188. The molecule has 0 amide bonds. The molecule has 0 bridgehead atoms. The van der Waals surface area contributed by atoms with Crippen molar-refractivity contribution in [2.45, 2.75) is 12.0 Å². The highest BCUT2D eigenvalue weighted by Crippen LogP contribution is 2.27. The Balaban J connectivity index is 2.03. The number of nitrogens with zero attached hydrogens (tertiary/aromatic N) is 1. The summed E-state index contributed by atoms with van der Waals surface area (Å²) in [5.41, 5.74) is 1.48. The number of hydrogen-bond acceptors (Lipinski definition) is 3. The minimum absolute atomic E-state index is 0.184. The number of H-pyrrole nitrogens is 1. The van der Waals surface area contributed by atoms with Crippen LogP contribution in [-0.4, -0.2) is 36.3 Å². The van der Waals surface area contributed by atoms with Gasteiger partial charge in [0.15, 0.2) is 0 Å². The first-order valence-electron chi connectivity index (χ1n) is 5.78. The van der Waals surface area contributed by atoms with Crippen LogP contribution in [0.25, 0.3) is 11.0 Å². The number of ether oxygens (including phenoxy) is 1. The van der Waals surface area contributed by atoms with Gasteiger partial charge in [0.25, 0.3) is 0 Å². The number of fused-ring (bicyclic) bond motifs is 1. The van der Waals surface area contributed by atoms with Gasteiger partial charge in [-0.15, -0.1) is 0 Å². The van der Waals surface area contributed by atoms with Gasteiger partial charge >= 0.3 is 0 Å². The van der Waals surface area contributed by atoms with Gasteiger partial charge in [0.2, 0.25) is 0 Å². The number of hydrogen-bond donors (Lipinski definition) is 2. The molecule has 2 unspecified atom stereocenters. The molecule has 96 valence electrons. The Kier molecular flexibility index (Phi) is 3.09. The average molecular weight is 314 g/mol. The highest BCUT2D eigenvalue weighted by atomic mass is 79.9. The van der Waals surface area contributed by atoms with Gasteiger partial charge in [0, 0.05) is 12.1 Å². The Hall–Kier alpha value is -0.980. The summed E-state index contributed by atoms with van der Waals surface area (Å²) in [6.07, 6.45) is 0. The second-order valence-corrected chi connectivity index (χ2v) is 5.30. The van der Waals surface area contributed by atoms with E-state index in [0.29, 0.717) is 23.2 Å². The molecule has 1 aromatic carbocycles. The molecule has 0 spiro atoms.